The summed E-state index contributed by atoms with van der Waals surface area (Å²) in [4.78, 5) is 26.8. The molecule has 0 saturated heterocycles. The number of hydrogen-bond donors (Lipinski definition) is 1. The fourth-order valence-corrected chi connectivity index (χ4v) is 2.24. The zero-order chi connectivity index (χ0) is 14.3. The summed E-state index contributed by atoms with van der Waals surface area (Å²) in [6.07, 6.45) is 4.23. The van der Waals surface area contributed by atoms with Crippen molar-refractivity contribution in [2.24, 2.45) is 0 Å². The van der Waals surface area contributed by atoms with Gasteiger partial charge in [0.2, 0.25) is 5.91 Å². The van der Waals surface area contributed by atoms with Crippen LogP contribution in [0.2, 0.25) is 0 Å². The van der Waals surface area contributed by atoms with Crippen LogP contribution < -0.4 is 0 Å². The Balaban J connectivity index is 2.46. The minimum absolute atomic E-state index is 0.116. The Morgan fingerprint density at radius 2 is 1.68 bits per heavy atom. The molecule has 110 valence electrons. The first kappa shape index (κ1) is 16.0. The van der Waals surface area contributed by atoms with Crippen LogP contribution in [0.3, 0.4) is 0 Å². The molecule has 0 aliphatic heterocycles. The van der Waals surface area contributed by atoms with Crippen molar-refractivity contribution in [1.29, 1.82) is 0 Å². The Morgan fingerprint density at radius 1 is 1.11 bits per heavy atom. The standard InChI is InChI=1S/C14H26N2O3/c1-3-8-15(9-4-2)13(17)11-16(12-5-6-12)10-7-14(18)19/h12H,3-11H2,1-2H3,(H,18,19). The number of rotatable bonds is 10. The molecule has 0 aromatic heterocycles. The molecular formula is C14H26N2O3. The SMILES string of the molecule is CCCN(CCC)C(=O)CN(CCC(=O)O)C1CC1. The summed E-state index contributed by atoms with van der Waals surface area (Å²) in [5.41, 5.74) is 0. The van der Waals surface area contributed by atoms with E-state index in [9.17, 15) is 9.59 Å². The number of amides is 1. The van der Waals surface area contributed by atoms with Crippen LogP contribution in [-0.4, -0.2) is 59.0 Å². The molecule has 1 aliphatic carbocycles. The summed E-state index contributed by atoms with van der Waals surface area (Å²) in [6.45, 7) is 6.59. The molecule has 0 unspecified atom stereocenters. The zero-order valence-corrected chi connectivity index (χ0v) is 12.1. The van der Waals surface area contributed by atoms with Crippen molar-refractivity contribution in [2.75, 3.05) is 26.2 Å². The summed E-state index contributed by atoms with van der Waals surface area (Å²) in [5, 5.41) is 8.75. The van der Waals surface area contributed by atoms with E-state index in [1.54, 1.807) is 0 Å². The third kappa shape index (κ3) is 6.05. The lowest BCUT2D eigenvalue weighted by Gasteiger charge is -2.26. The number of aliphatic carboxylic acids is 1. The Hall–Kier alpha value is -1.10. The molecule has 0 aromatic rings. The lowest BCUT2D eigenvalue weighted by Crippen LogP contribution is -2.42. The highest BCUT2D eigenvalue weighted by molar-refractivity contribution is 5.78. The lowest BCUT2D eigenvalue weighted by molar-refractivity contribution is -0.138. The minimum atomic E-state index is -0.794. The first-order chi connectivity index (χ1) is 9.08. The number of nitrogens with zero attached hydrogens (tertiary/aromatic N) is 2. The average Bonchev–Trinajstić information content (AvgIpc) is 3.18. The normalized spacial score (nSPS) is 14.7. The van der Waals surface area contributed by atoms with E-state index in [-0.39, 0.29) is 12.3 Å². The van der Waals surface area contributed by atoms with Crippen LogP contribution in [0.25, 0.3) is 0 Å². The Morgan fingerprint density at radius 3 is 2.11 bits per heavy atom. The van der Waals surface area contributed by atoms with Gasteiger partial charge >= 0.3 is 5.97 Å². The number of hydrogen-bond acceptors (Lipinski definition) is 3. The predicted octanol–water partition coefficient (Wildman–Crippen LogP) is 1.57. The quantitative estimate of drug-likeness (QED) is 0.654. The van der Waals surface area contributed by atoms with Gasteiger partial charge in [-0.3, -0.25) is 14.5 Å². The molecular weight excluding hydrogens is 244 g/mol. The van der Waals surface area contributed by atoms with Crippen molar-refractivity contribution in [3.63, 3.8) is 0 Å². The second-order valence-electron chi connectivity index (χ2n) is 5.23. The average molecular weight is 270 g/mol. The van der Waals surface area contributed by atoms with Crippen molar-refractivity contribution in [1.82, 2.24) is 9.80 Å². The summed E-state index contributed by atoms with van der Waals surface area (Å²) >= 11 is 0. The van der Waals surface area contributed by atoms with Gasteiger partial charge in [0.05, 0.1) is 13.0 Å². The first-order valence-corrected chi connectivity index (χ1v) is 7.32. The minimum Gasteiger partial charge on any atom is -0.481 e. The molecule has 0 radical (unpaired) electrons. The molecule has 0 atom stereocenters. The maximum Gasteiger partial charge on any atom is 0.304 e. The summed E-state index contributed by atoms with van der Waals surface area (Å²) in [7, 11) is 0. The van der Waals surface area contributed by atoms with E-state index in [0.29, 0.717) is 19.1 Å². The van der Waals surface area contributed by atoms with Gasteiger partial charge < -0.3 is 10.0 Å². The summed E-state index contributed by atoms with van der Waals surface area (Å²) < 4.78 is 0. The van der Waals surface area contributed by atoms with Gasteiger partial charge in [-0.2, -0.15) is 0 Å². The highest BCUT2D eigenvalue weighted by atomic mass is 16.4. The number of carbonyl (C=O) groups is 2. The van der Waals surface area contributed by atoms with Crippen LogP contribution in [0.1, 0.15) is 46.0 Å². The molecule has 1 rings (SSSR count). The third-order valence-electron chi connectivity index (χ3n) is 3.35. The molecule has 0 aromatic carbocycles. The van der Waals surface area contributed by atoms with Gasteiger partial charge in [-0.1, -0.05) is 13.8 Å². The van der Waals surface area contributed by atoms with Crippen molar-refractivity contribution in [3.8, 4) is 0 Å². The highest BCUT2D eigenvalue weighted by Crippen LogP contribution is 2.26. The molecule has 1 fully saturated rings. The molecule has 0 bridgehead atoms. The second-order valence-corrected chi connectivity index (χ2v) is 5.23. The van der Waals surface area contributed by atoms with Crippen molar-refractivity contribution < 1.29 is 14.7 Å². The first-order valence-electron chi connectivity index (χ1n) is 7.32. The van der Waals surface area contributed by atoms with Crippen LogP contribution in [0.5, 0.6) is 0 Å². The van der Waals surface area contributed by atoms with E-state index >= 15 is 0 Å². The van der Waals surface area contributed by atoms with E-state index in [1.807, 2.05) is 9.80 Å². The Labute approximate surface area is 115 Å². The van der Waals surface area contributed by atoms with Crippen molar-refractivity contribution >= 4 is 11.9 Å². The molecule has 1 N–H and O–H groups in total. The molecule has 1 amide bonds. The lowest BCUT2D eigenvalue weighted by atomic mass is 10.3. The van der Waals surface area contributed by atoms with Gasteiger partial charge in [-0.15, -0.1) is 0 Å². The second kappa shape index (κ2) is 8.15. The van der Waals surface area contributed by atoms with Crippen LogP contribution in [0.15, 0.2) is 0 Å². The van der Waals surface area contributed by atoms with Gasteiger partial charge in [-0.05, 0) is 25.7 Å². The van der Waals surface area contributed by atoms with E-state index in [2.05, 4.69) is 13.8 Å². The van der Waals surface area contributed by atoms with Gasteiger partial charge in [0.15, 0.2) is 0 Å². The van der Waals surface area contributed by atoms with Crippen LogP contribution in [0.4, 0.5) is 0 Å². The van der Waals surface area contributed by atoms with Gasteiger partial charge in [0, 0.05) is 25.7 Å². The van der Waals surface area contributed by atoms with E-state index in [1.165, 1.54) is 0 Å². The largest absolute Gasteiger partial charge is 0.481 e. The Kier molecular flexibility index (Phi) is 6.84. The maximum absolute atomic E-state index is 12.2. The van der Waals surface area contributed by atoms with Crippen molar-refractivity contribution in [2.45, 2.75) is 52.0 Å². The molecule has 5 heteroatoms. The number of carbonyl (C=O) groups excluding carboxylic acids is 1. The van der Waals surface area contributed by atoms with Gasteiger partial charge in [0.1, 0.15) is 0 Å². The topological polar surface area (TPSA) is 60.9 Å². The zero-order valence-electron chi connectivity index (χ0n) is 12.1. The highest BCUT2D eigenvalue weighted by Gasteiger charge is 2.31. The molecule has 1 aliphatic rings. The fourth-order valence-electron chi connectivity index (χ4n) is 2.24. The fraction of sp³-hybridized carbons (Fsp3) is 0.857. The van der Waals surface area contributed by atoms with Gasteiger partial charge in [0.25, 0.3) is 0 Å². The summed E-state index contributed by atoms with van der Waals surface area (Å²) in [5.74, 6) is -0.655. The van der Waals surface area contributed by atoms with Crippen LogP contribution in [0, 0.1) is 0 Å². The molecule has 1 saturated carbocycles. The predicted molar refractivity (Wildman–Crippen MR) is 74.0 cm³/mol. The van der Waals surface area contributed by atoms with Gasteiger partial charge in [-0.25, -0.2) is 0 Å². The molecule has 0 spiro atoms. The van der Waals surface area contributed by atoms with E-state index < -0.39 is 5.97 Å². The molecule has 0 heterocycles. The molecule has 19 heavy (non-hydrogen) atoms. The summed E-state index contributed by atoms with van der Waals surface area (Å²) in [6, 6.07) is 0.424. The smallest absolute Gasteiger partial charge is 0.304 e. The Bertz CT molecular complexity index is 297. The van der Waals surface area contributed by atoms with E-state index in [0.717, 1.165) is 38.8 Å². The third-order valence-corrected chi connectivity index (χ3v) is 3.35. The van der Waals surface area contributed by atoms with Crippen LogP contribution in [-0.2, 0) is 9.59 Å². The van der Waals surface area contributed by atoms with Crippen LogP contribution >= 0.6 is 0 Å². The monoisotopic (exact) mass is 270 g/mol. The maximum atomic E-state index is 12.2. The number of carboxylic acids is 1. The van der Waals surface area contributed by atoms with E-state index in [4.69, 9.17) is 5.11 Å². The van der Waals surface area contributed by atoms with Crippen molar-refractivity contribution in [3.05, 3.63) is 0 Å². The number of carboxylic acid groups (broad SMARTS) is 1. The molecule has 5 nitrogen and oxygen atoms in total.